The van der Waals surface area contributed by atoms with E-state index in [1.54, 1.807) is 24.6 Å². The normalized spacial score (nSPS) is 15.3. The Balaban J connectivity index is 2.91. The van der Waals surface area contributed by atoms with E-state index in [2.05, 4.69) is 11.9 Å². The van der Waals surface area contributed by atoms with Crippen molar-refractivity contribution in [2.24, 2.45) is 5.73 Å². The maximum atomic E-state index is 6.08. The SMILES string of the molecule is CCC(N)C(c1ccncc1)N(C)OC. The first-order valence-electron chi connectivity index (χ1n) is 5.13. The van der Waals surface area contributed by atoms with E-state index < -0.39 is 0 Å². The van der Waals surface area contributed by atoms with E-state index in [0.717, 1.165) is 12.0 Å². The fourth-order valence-corrected chi connectivity index (χ4v) is 1.62. The minimum absolute atomic E-state index is 0.0531. The van der Waals surface area contributed by atoms with E-state index in [1.807, 2.05) is 19.2 Å². The number of aromatic nitrogens is 1. The zero-order chi connectivity index (χ0) is 11.3. The van der Waals surface area contributed by atoms with Gasteiger partial charge in [0.05, 0.1) is 13.2 Å². The molecule has 1 aromatic rings. The van der Waals surface area contributed by atoms with Crippen molar-refractivity contribution < 1.29 is 4.84 Å². The van der Waals surface area contributed by atoms with Crippen molar-refractivity contribution in [2.45, 2.75) is 25.4 Å². The number of hydrogen-bond acceptors (Lipinski definition) is 4. The molecule has 1 heterocycles. The van der Waals surface area contributed by atoms with E-state index in [0.29, 0.717) is 0 Å². The van der Waals surface area contributed by atoms with E-state index in [1.165, 1.54) is 0 Å². The largest absolute Gasteiger partial charge is 0.326 e. The predicted octanol–water partition coefficient (Wildman–Crippen LogP) is 1.35. The second kappa shape index (κ2) is 5.80. The summed E-state index contributed by atoms with van der Waals surface area (Å²) >= 11 is 0. The molecular formula is C11H19N3O. The van der Waals surface area contributed by atoms with E-state index in [4.69, 9.17) is 10.6 Å². The third kappa shape index (κ3) is 2.99. The molecule has 1 aromatic heterocycles. The molecule has 0 aromatic carbocycles. The molecule has 2 N–H and O–H groups in total. The van der Waals surface area contributed by atoms with Crippen molar-refractivity contribution >= 4 is 0 Å². The maximum Gasteiger partial charge on any atom is 0.0750 e. The highest BCUT2D eigenvalue weighted by Gasteiger charge is 2.22. The molecule has 15 heavy (non-hydrogen) atoms. The zero-order valence-corrected chi connectivity index (χ0v) is 9.55. The quantitative estimate of drug-likeness (QED) is 0.744. The summed E-state index contributed by atoms with van der Waals surface area (Å²) in [5.41, 5.74) is 7.21. The van der Waals surface area contributed by atoms with Gasteiger partial charge in [-0.2, -0.15) is 5.06 Å². The lowest BCUT2D eigenvalue weighted by Gasteiger charge is -2.30. The molecule has 0 radical (unpaired) electrons. The molecule has 0 aliphatic rings. The molecule has 0 spiro atoms. The molecule has 0 amide bonds. The molecule has 2 atom stereocenters. The number of rotatable bonds is 5. The monoisotopic (exact) mass is 209 g/mol. The summed E-state index contributed by atoms with van der Waals surface area (Å²) in [5.74, 6) is 0. The minimum atomic E-state index is 0.0531. The Kier molecular flexibility index (Phi) is 4.68. The molecule has 0 saturated heterocycles. The van der Waals surface area contributed by atoms with Crippen molar-refractivity contribution in [2.75, 3.05) is 14.2 Å². The van der Waals surface area contributed by atoms with Crippen LogP contribution in [-0.4, -0.2) is 30.2 Å². The molecule has 0 saturated carbocycles. The molecule has 0 fully saturated rings. The highest BCUT2D eigenvalue weighted by molar-refractivity contribution is 5.16. The van der Waals surface area contributed by atoms with Crippen LogP contribution in [0.2, 0.25) is 0 Å². The molecule has 0 bridgehead atoms. The summed E-state index contributed by atoms with van der Waals surface area (Å²) in [5, 5.41) is 1.78. The third-order valence-electron chi connectivity index (χ3n) is 2.60. The summed E-state index contributed by atoms with van der Waals surface area (Å²) in [6.45, 7) is 2.07. The molecule has 84 valence electrons. The Hall–Kier alpha value is -0.970. The summed E-state index contributed by atoms with van der Waals surface area (Å²) < 4.78 is 0. The fraction of sp³-hybridized carbons (Fsp3) is 0.545. The van der Waals surface area contributed by atoms with Crippen LogP contribution in [0, 0.1) is 0 Å². The topological polar surface area (TPSA) is 51.4 Å². The van der Waals surface area contributed by atoms with Crippen LogP contribution < -0.4 is 5.73 Å². The lowest BCUT2D eigenvalue weighted by molar-refractivity contribution is -0.148. The Labute approximate surface area is 91.0 Å². The second-order valence-corrected chi connectivity index (χ2v) is 3.53. The predicted molar refractivity (Wildman–Crippen MR) is 60.0 cm³/mol. The van der Waals surface area contributed by atoms with E-state index >= 15 is 0 Å². The fourth-order valence-electron chi connectivity index (χ4n) is 1.62. The Bertz CT molecular complexity index is 268. The van der Waals surface area contributed by atoms with Gasteiger partial charge in [-0.3, -0.25) is 4.98 Å². The minimum Gasteiger partial charge on any atom is -0.326 e. The summed E-state index contributed by atoms with van der Waals surface area (Å²) in [6.07, 6.45) is 4.45. The van der Waals surface area contributed by atoms with Crippen LogP contribution in [0.3, 0.4) is 0 Å². The van der Waals surface area contributed by atoms with Crippen molar-refractivity contribution in [1.82, 2.24) is 10.0 Å². The number of nitrogens with two attached hydrogens (primary N) is 1. The van der Waals surface area contributed by atoms with Gasteiger partial charge >= 0.3 is 0 Å². The highest BCUT2D eigenvalue weighted by Crippen LogP contribution is 2.22. The molecule has 4 nitrogen and oxygen atoms in total. The highest BCUT2D eigenvalue weighted by atomic mass is 16.7. The standard InChI is InChI=1S/C11H19N3O/c1-4-10(12)11(14(2)15-3)9-5-7-13-8-6-9/h5-8,10-11H,4,12H2,1-3H3. The lowest BCUT2D eigenvalue weighted by Crippen LogP contribution is -2.38. The van der Waals surface area contributed by atoms with Gasteiger partial charge in [-0.1, -0.05) is 6.92 Å². The Morgan fingerprint density at radius 3 is 2.53 bits per heavy atom. The first kappa shape index (κ1) is 12.1. The molecule has 0 aliphatic heterocycles. The molecule has 0 aliphatic carbocycles. The average Bonchev–Trinajstić information content (AvgIpc) is 2.30. The van der Waals surface area contributed by atoms with Crippen molar-refractivity contribution in [3.8, 4) is 0 Å². The average molecular weight is 209 g/mol. The first-order valence-corrected chi connectivity index (χ1v) is 5.13. The van der Waals surface area contributed by atoms with Crippen LogP contribution in [0.25, 0.3) is 0 Å². The van der Waals surface area contributed by atoms with Crippen LogP contribution in [0.15, 0.2) is 24.5 Å². The van der Waals surface area contributed by atoms with Crippen molar-refractivity contribution in [1.29, 1.82) is 0 Å². The van der Waals surface area contributed by atoms with Gasteiger partial charge in [-0.05, 0) is 24.1 Å². The van der Waals surface area contributed by atoms with Gasteiger partial charge < -0.3 is 10.6 Å². The van der Waals surface area contributed by atoms with Crippen LogP contribution in [0.4, 0.5) is 0 Å². The van der Waals surface area contributed by atoms with Gasteiger partial charge in [0.2, 0.25) is 0 Å². The third-order valence-corrected chi connectivity index (χ3v) is 2.60. The summed E-state index contributed by atoms with van der Waals surface area (Å²) in [7, 11) is 3.54. The van der Waals surface area contributed by atoms with Crippen LogP contribution >= 0.6 is 0 Å². The maximum absolute atomic E-state index is 6.08. The van der Waals surface area contributed by atoms with Crippen LogP contribution in [-0.2, 0) is 4.84 Å². The van der Waals surface area contributed by atoms with Gasteiger partial charge in [0, 0.05) is 25.5 Å². The van der Waals surface area contributed by atoms with Gasteiger partial charge in [-0.25, -0.2) is 0 Å². The molecule has 4 heteroatoms. The molecule has 2 unspecified atom stereocenters. The number of likely N-dealkylation sites (N-methyl/N-ethyl adjacent to an activating group) is 1. The Morgan fingerprint density at radius 1 is 1.47 bits per heavy atom. The molecular weight excluding hydrogens is 190 g/mol. The zero-order valence-electron chi connectivity index (χ0n) is 9.55. The number of nitrogens with zero attached hydrogens (tertiary/aromatic N) is 2. The van der Waals surface area contributed by atoms with E-state index in [9.17, 15) is 0 Å². The Morgan fingerprint density at radius 2 is 2.07 bits per heavy atom. The van der Waals surface area contributed by atoms with Gasteiger partial charge in [-0.15, -0.1) is 0 Å². The van der Waals surface area contributed by atoms with Gasteiger partial charge in [0.1, 0.15) is 0 Å². The van der Waals surface area contributed by atoms with Gasteiger partial charge in [0.25, 0.3) is 0 Å². The van der Waals surface area contributed by atoms with E-state index in [-0.39, 0.29) is 12.1 Å². The number of hydroxylamine groups is 2. The second-order valence-electron chi connectivity index (χ2n) is 3.53. The summed E-state index contributed by atoms with van der Waals surface area (Å²) in [4.78, 5) is 9.22. The summed E-state index contributed by atoms with van der Waals surface area (Å²) in [6, 6.07) is 4.06. The van der Waals surface area contributed by atoms with Gasteiger partial charge in [0.15, 0.2) is 0 Å². The number of hydrogen-bond donors (Lipinski definition) is 1. The van der Waals surface area contributed by atoms with Crippen molar-refractivity contribution in [3.63, 3.8) is 0 Å². The molecule has 1 rings (SSSR count). The smallest absolute Gasteiger partial charge is 0.0750 e. The van der Waals surface area contributed by atoms with Crippen LogP contribution in [0.1, 0.15) is 24.9 Å². The lowest BCUT2D eigenvalue weighted by atomic mass is 9.99. The first-order chi connectivity index (χ1) is 7.20. The van der Waals surface area contributed by atoms with Crippen LogP contribution in [0.5, 0.6) is 0 Å². The van der Waals surface area contributed by atoms with Crippen molar-refractivity contribution in [3.05, 3.63) is 30.1 Å². The number of pyridine rings is 1.